The highest BCUT2D eigenvalue weighted by Gasteiger charge is 2.38. The number of aliphatic hydroxyl groups is 1. The van der Waals surface area contributed by atoms with E-state index in [0.29, 0.717) is 0 Å². The summed E-state index contributed by atoms with van der Waals surface area (Å²) in [6.45, 7) is 0. The summed E-state index contributed by atoms with van der Waals surface area (Å²) in [5, 5.41) is 21.4. The number of alkyl halides is 3. The maximum absolute atomic E-state index is 13.2. The predicted molar refractivity (Wildman–Crippen MR) is 94.1 cm³/mol. The summed E-state index contributed by atoms with van der Waals surface area (Å²) < 4.78 is 39.5. The number of carboxylic acids is 1. The molecule has 28 heavy (non-hydrogen) atoms. The van der Waals surface area contributed by atoms with Gasteiger partial charge in [0.15, 0.2) is 6.04 Å². The highest BCUT2D eigenvalue weighted by molar-refractivity contribution is 5.87. The molecule has 9 heteroatoms. The molecule has 150 valence electrons. The number of carbonyl (C=O) groups excluding carboxylic acids is 1. The lowest BCUT2D eigenvalue weighted by Crippen LogP contribution is -2.49. The Morgan fingerprint density at radius 2 is 1.61 bits per heavy atom. The van der Waals surface area contributed by atoms with E-state index in [1.54, 1.807) is 30.3 Å². The Morgan fingerprint density at radius 3 is 2.18 bits per heavy atom. The smallest absolute Gasteiger partial charge is 0.416 e. The topological polar surface area (TPSA) is 113 Å². The molecule has 5 N–H and O–H groups in total. The predicted octanol–water partition coefficient (Wildman–Crippen LogP) is 1.88. The van der Waals surface area contributed by atoms with Crippen molar-refractivity contribution in [3.8, 4) is 0 Å². The first-order valence-corrected chi connectivity index (χ1v) is 8.28. The minimum atomic E-state index is -4.81. The zero-order valence-corrected chi connectivity index (χ0v) is 14.6. The van der Waals surface area contributed by atoms with E-state index >= 15 is 0 Å². The molecule has 1 amide bonds. The van der Waals surface area contributed by atoms with Gasteiger partial charge in [-0.3, -0.25) is 4.79 Å². The lowest BCUT2D eigenvalue weighted by atomic mass is 9.98. The van der Waals surface area contributed by atoms with Crippen molar-refractivity contribution in [3.05, 3.63) is 71.3 Å². The van der Waals surface area contributed by atoms with E-state index < -0.39 is 47.4 Å². The highest BCUT2D eigenvalue weighted by atomic mass is 19.4. The van der Waals surface area contributed by atoms with Crippen LogP contribution >= 0.6 is 0 Å². The summed E-state index contributed by atoms with van der Waals surface area (Å²) in [5.41, 5.74) is 4.71. The van der Waals surface area contributed by atoms with E-state index in [1.807, 2.05) is 5.32 Å². The maximum atomic E-state index is 13.2. The van der Waals surface area contributed by atoms with Gasteiger partial charge in [-0.15, -0.1) is 0 Å². The standard InChI is InChI=1S/C19H19F3N2O4/c20-19(21,22)13-9-5-4-8-12(13)15(18(27)28)24-17(26)16(25)14(23)10-11-6-2-1-3-7-11/h1-9,14-16,25H,10,23H2,(H,24,26)(H,27,28)/t14-,15-,16+/m1/s1. The summed E-state index contributed by atoms with van der Waals surface area (Å²) in [5.74, 6) is -2.87. The molecule has 6 nitrogen and oxygen atoms in total. The SMILES string of the molecule is N[C@H](Cc1ccccc1)[C@H](O)C(=O)N[C@@H](C(=O)O)c1ccccc1C(F)(F)F. The van der Waals surface area contributed by atoms with Gasteiger partial charge in [0.25, 0.3) is 5.91 Å². The van der Waals surface area contributed by atoms with Gasteiger partial charge >= 0.3 is 12.1 Å². The monoisotopic (exact) mass is 396 g/mol. The van der Waals surface area contributed by atoms with Gasteiger partial charge < -0.3 is 21.3 Å². The molecule has 0 aliphatic heterocycles. The van der Waals surface area contributed by atoms with Crippen LogP contribution in [-0.2, 0) is 22.2 Å². The fourth-order valence-electron chi connectivity index (χ4n) is 2.70. The van der Waals surface area contributed by atoms with Gasteiger partial charge in [-0.2, -0.15) is 13.2 Å². The van der Waals surface area contributed by atoms with E-state index in [4.69, 9.17) is 5.73 Å². The van der Waals surface area contributed by atoms with Crippen molar-refractivity contribution < 1.29 is 33.0 Å². The van der Waals surface area contributed by atoms with Crippen molar-refractivity contribution in [1.82, 2.24) is 5.32 Å². The van der Waals surface area contributed by atoms with Crippen LogP contribution in [0.5, 0.6) is 0 Å². The zero-order valence-electron chi connectivity index (χ0n) is 14.6. The largest absolute Gasteiger partial charge is 0.479 e. The van der Waals surface area contributed by atoms with Gasteiger partial charge in [0.2, 0.25) is 0 Å². The normalized spacial score (nSPS) is 14.8. The number of aliphatic carboxylic acids is 1. The summed E-state index contributed by atoms with van der Waals surface area (Å²) in [4.78, 5) is 23.7. The Kier molecular flexibility index (Phi) is 6.76. The molecular formula is C19H19F3N2O4. The van der Waals surface area contributed by atoms with Crippen molar-refractivity contribution in [2.75, 3.05) is 0 Å². The number of rotatable bonds is 7. The molecule has 3 atom stereocenters. The molecule has 0 aromatic heterocycles. The van der Waals surface area contributed by atoms with Crippen LogP contribution in [0.1, 0.15) is 22.7 Å². The number of aliphatic hydroxyl groups excluding tert-OH is 1. The summed E-state index contributed by atoms with van der Waals surface area (Å²) in [6, 6.07) is 9.64. The third-order valence-corrected chi connectivity index (χ3v) is 4.10. The average Bonchev–Trinajstić information content (AvgIpc) is 2.65. The highest BCUT2D eigenvalue weighted by Crippen LogP contribution is 2.34. The molecule has 0 bridgehead atoms. The first-order chi connectivity index (χ1) is 13.1. The number of hydrogen-bond acceptors (Lipinski definition) is 4. The second-order valence-corrected chi connectivity index (χ2v) is 6.16. The zero-order chi connectivity index (χ0) is 20.9. The van der Waals surface area contributed by atoms with E-state index in [9.17, 15) is 33.0 Å². The number of hydrogen-bond donors (Lipinski definition) is 4. The molecule has 0 fully saturated rings. The third kappa shape index (κ3) is 5.30. The van der Waals surface area contributed by atoms with Crippen LogP contribution in [0.25, 0.3) is 0 Å². The van der Waals surface area contributed by atoms with Crippen LogP contribution in [0.4, 0.5) is 13.2 Å². The molecule has 0 aliphatic rings. The lowest BCUT2D eigenvalue weighted by molar-refractivity contribution is -0.145. The molecule has 0 aliphatic carbocycles. The van der Waals surface area contributed by atoms with E-state index in [2.05, 4.69) is 0 Å². The van der Waals surface area contributed by atoms with Crippen LogP contribution in [0.3, 0.4) is 0 Å². The van der Waals surface area contributed by atoms with Crippen molar-refractivity contribution in [3.63, 3.8) is 0 Å². The van der Waals surface area contributed by atoms with Crippen LogP contribution in [0.2, 0.25) is 0 Å². The van der Waals surface area contributed by atoms with Gasteiger partial charge in [0.1, 0.15) is 6.10 Å². The molecule has 0 unspecified atom stereocenters. The molecule has 2 aromatic rings. The van der Waals surface area contributed by atoms with Crippen molar-refractivity contribution in [2.24, 2.45) is 5.73 Å². The Hall–Kier alpha value is -2.91. The van der Waals surface area contributed by atoms with Gasteiger partial charge in [-0.05, 0) is 23.6 Å². The van der Waals surface area contributed by atoms with Crippen molar-refractivity contribution in [2.45, 2.75) is 30.8 Å². The summed E-state index contributed by atoms with van der Waals surface area (Å²) in [6.07, 6.45) is -6.50. The Balaban J connectivity index is 2.18. The van der Waals surface area contributed by atoms with Crippen LogP contribution in [0.15, 0.2) is 54.6 Å². The molecule has 0 radical (unpaired) electrons. The number of carbonyl (C=O) groups is 2. The second kappa shape index (κ2) is 8.85. The first kappa shape index (κ1) is 21.4. The average molecular weight is 396 g/mol. The fraction of sp³-hybridized carbons (Fsp3) is 0.263. The molecular weight excluding hydrogens is 377 g/mol. The first-order valence-electron chi connectivity index (χ1n) is 8.28. The molecule has 0 spiro atoms. The Labute approximate surface area is 158 Å². The summed E-state index contributed by atoms with van der Waals surface area (Å²) in [7, 11) is 0. The van der Waals surface area contributed by atoms with E-state index in [1.165, 1.54) is 6.07 Å². The number of halogens is 3. The van der Waals surface area contributed by atoms with Gasteiger partial charge in [0.05, 0.1) is 5.56 Å². The molecule has 2 aromatic carbocycles. The van der Waals surface area contributed by atoms with Crippen molar-refractivity contribution in [1.29, 1.82) is 0 Å². The molecule has 0 heterocycles. The van der Waals surface area contributed by atoms with Crippen LogP contribution in [0, 0.1) is 0 Å². The Morgan fingerprint density at radius 1 is 1.04 bits per heavy atom. The van der Waals surface area contributed by atoms with Gasteiger partial charge in [-0.25, -0.2) is 4.79 Å². The van der Waals surface area contributed by atoms with Crippen molar-refractivity contribution >= 4 is 11.9 Å². The van der Waals surface area contributed by atoms with E-state index in [0.717, 1.165) is 23.8 Å². The number of nitrogens with two attached hydrogens (primary N) is 1. The summed E-state index contributed by atoms with van der Waals surface area (Å²) >= 11 is 0. The second-order valence-electron chi connectivity index (χ2n) is 6.16. The van der Waals surface area contributed by atoms with Gasteiger partial charge in [-0.1, -0.05) is 48.5 Å². The minimum Gasteiger partial charge on any atom is -0.479 e. The maximum Gasteiger partial charge on any atom is 0.416 e. The van der Waals surface area contributed by atoms with Gasteiger partial charge in [0, 0.05) is 6.04 Å². The number of amides is 1. The molecule has 2 rings (SSSR count). The van der Waals surface area contributed by atoms with E-state index in [-0.39, 0.29) is 6.42 Å². The number of carboxylic acid groups (broad SMARTS) is 1. The van der Waals surface area contributed by atoms with Crippen LogP contribution < -0.4 is 11.1 Å². The van der Waals surface area contributed by atoms with Crippen LogP contribution in [-0.4, -0.2) is 34.2 Å². The quantitative estimate of drug-likeness (QED) is 0.571. The lowest BCUT2D eigenvalue weighted by Gasteiger charge is -2.23. The molecule has 0 saturated heterocycles. The fourth-order valence-corrected chi connectivity index (χ4v) is 2.70. The Bertz CT molecular complexity index is 827. The minimum absolute atomic E-state index is 0.117. The third-order valence-electron chi connectivity index (χ3n) is 4.10. The number of nitrogens with one attached hydrogen (secondary N) is 1. The number of benzene rings is 2. The molecule has 0 saturated carbocycles.